The third kappa shape index (κ3) is 4.07. The van der Waals surface area contributed by atoms with Gasteiger partial charge in [-0.25, -0.2) is 9.07 Å². The Morgan fingerprint density at radius 1 is 0.867 bits per heavy atom. The average molecular weight is 401 g/mol. The molecular formula is C22H16FN5O2. The molecule has 7 nitrogen and oxygen atoms in total. The minimum Gasteiger partial charge on any atom is -0.267 e. The fraction of sp³-hybridized carbons (Fsp3) is 0. The van der Waals surface area contributed by atoms with Crippen molar-refractivity contribution in [2.24, 2.45) is 0 Å². The van der Waals surface area contributed by atoms with Crippen molar-refractivity contribution in [3.8, 4) is 16.9 Å². The highest BCUT2D eigenvalue weighted by Gasteiger charge is 2.19. The maximum absolute atomic E-state index is 13.0. The molecule has 148 valence electrons. The van der Waals surface area contributed by atoms with Crippen LogP contribution in [0.3, 0.4) is 0 Å². The van der Waals surface area contributed by atoms with E-state index < -0.39 is 17.6 Å². The molecule has 4 aromatic rings. The largest absolute Gasteiger partial charge is 0.273 e. The molecule has 0 aliphatic heterocycles. The van der Waals surface area contributed by atoms with Crippen molar-refractivity contribution >= 4 is 11.8 Å². The van der Waals surface area contributed by atoms with Gasteiger partial charge in [-0.2, -0.15) is 5.10 Å². The van der Waals surface area contributed by atoms with Crippen LogP contribution in [-0.2, 0) is 0 Å². The second-order valence-electron chi connectivity index (χ2n) is 6.33. The first kappa shape index (κ1) is 19.0. The minimum atomic E-state index is -0.568. The minimum absolute atomic E-state index is 0.212. The number of hydrogen-bond donors (Lipinski definition) is 2. The van der Waals surface area contributed by atoms with Crippen molar-refractivity contribution < 1.29 is 14.0 Å². The molecule has 2 aromatic heterocycles. The lowest BCUT2D eigenvalue weighted by molar-refractivity contribution is 0.0847. The van der Waals surface area contributed by atoms with Crippen molar-refractivity contribution in [1.29, 1.82) is 0 Å². The van der Waals surface area contributed by atoms with Gasteiger partial charge in [0.05, 0.1) is 11.3 Å². The van der Waals surface area contributed by atoms with E-state index in [1.54, 1.807) is 35.4 Å². The molecule has 0 radical (unpaired) electrons. The summed E-state index contributed by atoms with van der Waals surface area (Å²) >= 11 is 0. The number of rotatable bonds is 4. The lowest BCUT2D eigenvalue weighted by Crippen LogP contribution is -2.41. The van der Waals surface area contributed by atoms with Crippen LogP contribution in [0.5, 0.6) is 0 Å². The molecule has 0 aliphatic rings. The summed E-state index contributed by atoms with van der Waals surface area (Å²) in [5.74, 6) is -1.57. The molecule has 2 aromatic carbocycles. The normalized spacial score (nSPS) is 10.4. The van der Waals surface area contributed by atoms with Gasteiger partial charge in [0.15, 0.2) is 0 Å². The molecule has 0 saturated carbocycles. The molecule has 0 atom stereocenters. The van der Waals surface area contributed by atoms with E-state index >= 15 is 0 Å². The number of carbonyl (C=O) groups excluding carboxylic acids is 2. The monoisotopic (exact) mass is 401 g/mol. The summed E-state index contributed by atoms with van der Waals surface area (Å²) in [7, 11) is 0. The third-order valence-electron chi connectivity index (χ3n) is 4.31. The molecule has 4 rings (SSSR count). The summed E-state index contributed by atoms with van der Waals surface area (Å²) in [6.45, 7) is 0. The van der Waals surface area contributed by atoms with Gasteiger partial charge in [-0.05, 0) is 48.5 Å². The average Bonchev–Trinajstić information content (AvgIpc) is 3.25. The molecule has 30 heavy (non-hydrogen) atoms. The number of para-hydroxylation sites is 1. The maximum atomic E-state index is 13.0. The number of halogens is 1. The number of hydrogen-bond acceptors (Lipinski definition) is 4. The van der Waals surface area contributed by atoms with Crippen LogP contribution in [0.1, 0.15) is 20.7 Å². The van der Waals surface area contributed by atoms with Crippen molar-refractivity contribution in [2.75, 3.05) is 0 Å². The lowest BCUT2D eigenvalue weighted by atomic mass is 10.1. The van der Waals surface area contributed by atoms with Crippen molar-refractivity contribution in [3.05, 3.63) is 102 Å². The zero-order valence-corrected chi connectivity index (χ0v) is 15.6. The van der Waals surface area contributed by atoms with E-state index in [-0.39, 0.29) is 11.1 Å². The summed E-state index contributed by atoms with van der Waals surface area (Å²) < 4.78 is 14.6. The van der Waals surface area contributed by atoms with Gasteiger partial charge < -0.3 is 0 Å². The molecule has 2 amide bonds. The fourth-order valence-corrected chi connectivity index (χ4v) is 2.82. The SMILES string of the molecule is O=C(NNC(=O)c1cn(-c2ccccc2)nc1-c1cccnc1)c1ccc(F)cc1. The number of carbonyl (C=O) groups is 2. The highest BCUT2D eigenvalue weighted by atomic mass is 19.1. The molecule has 0 saturated heterocycles. The molecule has 2 N–H and O–H groups in total. The first-order chi connectivity index (χ1) is 14.6. The molecule has 0 spiro atoms. The number of aromatic nitrogens is 3. The van der Waals surface area contributed by atoms with E-state index in [1.807, 2.05) is 30.3 Å². The maximum Gasteiger partial charge on any atom is 0.273 e. The van der Waals surface area contributed by atoms with Gasteiger partial charge >= 0.3 is 0 Å². The van der Waals surface area contributed by atoms with E-state index in [4.69, 9.17) is 0 Å². The molecule has 0 fully saturated rings. The number of nitrogens with one attached hydrogen (secondary N) is 2. The van der Waals surface area contributed by atoms with Crippen LogP contribution < -0.4 is 10.9 Å². The summed E-state index contributed by atoms with van der Waals surface area (Å²) in [6.07, 6.45) is 4.81. The molecular weight excluding hydrogens is 385 g/mol. The van der Waals surface area contributed by atoms with Crippen molar-refractivity contribution in [2.45, 2.75) is 0 Å². The number of pyridine rings is 1. The van der Waals surface area contributed by atoms with Crippen LogP contribution in [0.4, 0.5) is 4.39 Å². The Balaban J connectivity index is 1.60. The number of amides is 2. The number of nitrogens with zero attached hydrogens (tertiary/aromatic N) is 3. The summed E-state index contributed by atoms with van der Waals surface area (Å²) in [5.41, 5.74) is 7.03. The van der Waals surface area contributed by atoms with Crippen LogP contribution in [0, 0.1) is 5.82 Å². The number of hydrazine groups is 1. The molecule has 0 unspecified atom stereocenters. The van der Waals surface area contributed by atoms with Gasteiger partial charge in [0, 0.05) is 29.7 Å². The standard InChI is InChI=1S/C22H16FN5O2/c23-17-10-8-15(9-11-17)21(29)25-26-22(30)19-14-28(18-6-2-1-3-7-18)27-20(19)16-5-4-12-24-13-16/h1-14H,(H,25,29)(H,26,30). The Morgan fingerprint density at radius 2 is 1.60 bits per heavy atom. The van der Waals surface area contributed by atoms with Crippen LogP contribution in [0.2, 0.25) is 0 Å². The van der Waals surface area contributed by atoms with Gasteiger partial charge in [-0.15, -0.1) is 0 Å². The van der Waals surface area contributed by atoms with Gasteiger partial charge in [-0.1, -0.05) is 18.2 Å². The predicted molar refractivity (Wildman–Crippen MR) is 108 cm³/mol. The predicted octanol–water partition coefficient (Wildman–Crippen LogP) is 3.15. The zero-order chi connectivity index (χ0) is 20.9. The highest BCUT2D eigenvalue weighted by molar-refractivity contribution is 6.02. The Kier molecular flexibility index (Phi) is 5.29. The van der Waals surface area contributed by atoms with Crippen LogP contribution in [0.25, 0.3) is 16.9 Å². The van der Waals surface area contributed by atoms with Gasteiger partial charge in [0.2, 0.25) is 0 Å². The fourth-order valence-electron chi connectivity index (χ4n) is 2.82. The quantitative estimate of drug-likeness (QED) is 0.514. The highest BCUT2D eigenvalue weighted by Crippen LogP contribution is 2.23. The zero-order valence-electron chi connectivity index (χ0n) is 15.6. The second-order valence-corrected chi connectivity index (χ2v) is 6.33. The lowest BCUT2D eigenvalue weighted by Gasteiger charge is -2.07. The van der Waals surface area contributed by atoms with E-state index in [1.165, 1.54) is 24.3 Å². The Labute approximate surface area is 171 Å². The first-order valence-electron chi connectivity index (χ1n) is 9.03. The van der Waals surface area contributed by atoms with E-state index in [2.05, 4.69) is 20.9 Å². The molecule has 2 heterocycles. The van der Waals surface area contributed by atoms with Gasteiger partial charge in [0.25, 0.3) is 11.8 Å². The second kappa shape index (κ2) is 8.36. The van der Waals surface area contributed by atoms with Crippen LogP contribution in [0.15, 0.2) is 85.3 Å². The smallest absolute Gasteiger partial charge is 0.267 e. The third-order valence-corrected chi connectivity index (χ3v) is 4.31. The van der Waals surface area contributed by atoms with E-state index in [0.29, 0.717) is 11.3 Å². The van der Waals surface area contributed by atoms with E-state index in [0.717, 1.165) is 5.69 Å². The molecule has 0 bridgehead atoms. The van der Waals surface area contributed by atoms with Gasteiger partial charge in [-0.3, -0.25) is 25.4 Å². The first-order valence-corrected chi connectivity index (χ1v) is 9.03. The van der Waals surface area contributed by atoms with Crippen molar-refractivity contribution in [1.82, 2.24) is 25.6 Å². The molecule has 0 aliphatic carbocycles. The summed E-state index contributed by atoms with van der Waals surface area (Å²) in [4.78, 5) is 29.1. The Hall–Kier alpha value is -4.33. The molecule has 8 heteroatoms. The van der Waals surface area contributed by atoms with Gasteiger partial charge in [0.1, 0.15) is 11.5 Å². The number of benzene rings is 2. The summed E-state index contributed by atoms with van der Waals surface area (Å²) in [6, 6.07) is 17.9. The van der Waals surface area contributed by atoms with Crippen LogP contribution >= 0.6 is 0 Å². The van der Waals surface area contributed by atoms with E-state index in [9.17, 15) is 14.0 Å². The summed E-state index contributed by atoms with van der Waals surface area (Å²) in [5, 5.41) is 4.53. The van der Waals surface area contributed by atoms with Crippen LogP contribution in [-0.4, -0.2) is 26.6 Å². The topological polar surface area (TPSA) is 88.9 Å². The Bertz CT molecular complexity index is 1180. The Morgan fingerprint density at radius 3 is 2.30 bits per heavy atom. The van der Waals surface area contributed by atoms with Crippen molar-refractivity contribution in [3.63, 3.8) is 0 Å².